The first-order valence-corrected chi connectivity index (χ1v) is 4.41. The molecule has 0 bridgehead atoms. The fraction of sp³-hybridized carbons (Fsp3) is 0.455. The van der Waals surface area contributed by atoms with Crippen LogP contribution in [0.15, 0.2) is 18.2 Å². The highest BCUT2D eigenvalue weighted by atomic mass is 16.6. The van der Waals surface area contributed by atoms with Crippen LogP contribution in [0.2, 0.25) is 0 Å². The Kier molecular flexibility index (Phi) is 1.69. The van der Waals surface area contributed by atoms with Gasteiger partial charge in [0, 0.05) is 0 Å². The van der Waals surface area contributed by atoms with Gasteiger partial charge in [-0.05, 0) is 31.9 Å². The van der Waals surface area contributed by atoms with Gasteiger partial charge in [0.05, 0.1) is 6.10 Å². The Morgan fingerprint density at radius 1 is 1.25 bits per heavy atom. The molecule has 0 N–H and O–H groups in total. The van der Waals surface area contributed by atoms with Crippen molar-refractivity contribution in [2.24, 2.45) is 0 Å². The van der Waals surface area contributed by atoms with Gasteiger partial charge in [-0.15, -0.1) is 0 Å². The molecule has 64 valence electrons. The normalized spacial score (nSPS) is 27.2. The molecule has 1 aromatic carbocycles. The van der Waals surface area contributed by atoms with Gasteiger partial charge in [0.1, 0.15) is 6.10 Å². The molecular weight excluding hydrogens is 148 g/mol. The molecule has 0 spiro atoms. The zero-order valence-corrected chi connectivity index (χ0v) is 7.79. The molecule has 1 aliphatic rings. The predicted molar refractivity (Wildman–Crippen MR) is 49.2 cm³/mol. The number of ether oxygens (including phenoxy) is 1. The maximum Gasteiger partial charge on any atom is 0.109 e. The monoisotopic (exact) mass is 162 g/mol. The topological polar surface area (TPSA) is 12.5 Å². The molecule has 12 heavy (non-hydrogen) atoms. The van der Waals surface area contributed by atoms with E-state index in [4.69, 9.17) is 4.74 Å². The Morgan fingerprint density at radius 3 is 2.50 bits per heavy atom. The van der Waals surface area contributed by atoms with Crippen LogP contribution in [0.3, 0.4) is 0 Å². The molecule has 0 aromatic heterocycles. The van der Waals surface area contributed by atoms with Crippen LogP contribution >= 0.6 is 0 Å². The van der Waals surface area contributed by atoms with E-state index in [2.05, 4.69) is 39.0 Å². The molecule has 0 saturated carbocycles. The van der Waals surface area contributed by atoms with E-state index < -0.39 is 0 Å². The van der Waals surface area contributed by atoms with Crippen LogP contribution in [0.1, 0.15) is 29.7 Å². The summed E-state index contributed by atoms with van der Waals surface area (Å²) in [6, 6.07) is 6.54. The minimum atomic E-state index is 0.366. The minimum Gasteiger partial charge on any atom is -0.365 e. The molecule has 0 aliphatic carbocycles. The third-order valence-electron chi connectivity index (χ3n) is 2.45. The molecule has 1 heterocycles. The van der Waals surface area contributed by atoms with E-state index in [1.807, 2.05) is 0 Å². The lowest BCUT2D eigenvalue weighted by Gasteiger charge is -2.02. The summed E-state index contributed by atoms with van der Waals surface area (Å²) in [5, 5.41) is 0. The van der Waals surface area contributed by atoms with Crippen molar-refractivity contribution in [3.63, 3.8) is 0 Å². The fourth-order valence-corrected chi connectivity index (χ4v) is 1.58. The van der Waals surface area contributed by atoms with Gasteiger partial charge in [0.25, 0.3) is 0 Å². The maximum absolute atomic E-state index is 5.44. The number of aryl methyl sites for hydroxylation is 2. The SMILES string of the molecule is Cc1ccc(C)c(C2OC2C)c1. The first-order valence-electron chi connectivity index (χ1n) is 4.41. The van der Waals surface area contributed by atoms with Gasteiger partial charge in [-0.25, -0.2) is 0 Å². The lowest BCUT2D eigenvalue weighted by molar-refractivity contribution is 0.382. The zero-order chi connectivity index (χ0) is 8.72. The molecular formula is C11H14O. The second-order valence-electron chi connectivity index (χ2n) is 3.62. The lowest BCUT2D eigenvalue weighted by atomic mass is 10.0. The average molecular weight is 162 g/mol. The third kappa shape index (κ3) is 1.25. The maximum atomic E-state index is 5.44. The second-order valence-corrected chi connectivity index (χ2v) is 3.62. The summed E-state index contributed by atoms with van der Waals surface area (Å²) >= 11 is 0. The molecule has 2 rings (SSSR count). The van der Waals surface area contributed by atoms with Gasteiger partial charge in [0.2, 0.25) is 0 Å². The predicted octanol–water partition coefficient (Wildman–Crippen LogP) is 2.76. The third-order valence-corrected chi connectivity index (χ3v) is 2.45. The van der Waals surface area contributed by atoms with Crippen LogP contribution in [0.25, 0.3) is 0 Å². The van der Waals surface area contributed by atoms with Crippen molar-refractivity contribution in [1.29, 1.82) is 0 Å². The highest BCUT2D eigenvalue weighted by Gasteiger charge is 2.36. The number of hydrogen-bond acceptors (Lipinski definition) is 1. The standard InChI is InChI=1S/C11H14O/c1-7-4-5-8(2)10(6-7)11-9(3)12-11/h4-6,9,11H,1-3H3. The molecule has 1 aliphatic heterocycles. The molecule has 1 fully saturated rings. The van der Waals surface area contributed by atoms with E-state index in [1.165, 1.54) is 16.7 Å². The van der Waals surface area contributed by atoms with Crippen LogP contribution in [0.5, 0.6) is 0 Å². The van der Waals surface area contributed by atoms with E-state index in [9.17, 15) is 0 Å². The smallest absolute Gasteiger partial charge is 0.109 e. The van der Waals surface area contributed by atoms with Gasteiger partial charge in [-0.3, -0.25) is 0 Å². The highest BCUT2D eigenvalue weighted by Crippen LogP contribution is 2.39. The quantitative estimate of drug-likeness (QED) is 0.578. The number of benzene rings is 1. The summed E-state index contributed by atoms with van der Waals surface area (Å²) in [6.07, 6.45) is 0.787. The van der Waals surface area contributed by atoms with Crippen LogP contribution in [0.4, 0.5) is 0 Å². The molecule has 1 heteroatoms. The number of epoxide rings is 1. The highest BCUT2D eigenvalue weighted by molar-refractivity contribution is 5.34. The van der Waals surface area contributed by atoms with Crippen molar-refractivity contribution < 1.29 is 4.74 Å². The minimum absolute atomic E-state index is 0.366. The molecule has 0 radical (unpaired) electrons. The molecule has 0 amide bonds. The van der Waals surface area contributed by atoms with Crippen molar-refractivity contribution in [3.8, 4) is 0 Å². The summed E-state index contributed by atoms with van der Waals surface area (Å²) in [6.45, 7) is 6.38. The number of hydrogen-bond donors (Lipinski definition) is 0. The van der Waals surface area contributed by atoms with Crippen LogP contribution in [0, 0.1) is 13.8 Å². The van der Waals surface area contributed by atoms with Gasteiger partial charge in [-0.2, -0.15) is 0 Å². The Morgan fingerprint density at radius 2 is 1.92 bits per heavy atom. The molecule has 1 saturated heterocycles. The van der Waals surface area contributed by atoms with Crippen molar-refractivity contribution in [2.75, 3.05) is 0 Å². The van der Waals surface area contributed by atoms with Gasteiger partial charge in [0.15, 0.2) is 0 Å². The first kappa shape index (κ1) is 7.81. The van der Waals surface area contributed by atoms with E-state index in [0.717, 1.165) is 0 Å². The summed E-state index contributed by atoms with van der Waals surface area (Å²) in [4.78, 5) is 0. The summed E-state index contributed by atoms with van der Waals surface area (Å²) in [5.41, 5.74) is 4.02. The van der Waals surface area contributed by atoms with Crippen LogP contribution in [-0.2, 0) is 4.74 Å². The lowest BCUT2D eigenvalue weighted by Crippen LogP contribution is -1.89. The molecule has 2 atom stereocenters. The Balaban J connectivity index is 2.36. The van der Waals surface area contributed by atoms with Crippen LogP contribution in [-0.4, -0.2) is 6.10 Å². The Bertz CT molecular complexity index is 304. The van der Waals surface area contributed by atoms with Crippen molar-refractivity contribution in [2.45, 2.75) is 33.0 Å². The van der Waals surface area contributed by atoms with Gasteiger partial charge in [-0.1, -0.05) is 23.8 Å². The van der Waals surface area contributed by atoms with E-state index in [-0.39, 0.29) is 0 Å². The zero-order valence-electron chi connectivity index (χ0n) is 7.79. The molecule has 1 aromatic rings. The Hall–Kier alpha value is -0.820. The summed E-state index contributed by atoms with van der Waals surface area (Å²) in [7, 11) is 0. The van der Waals surface area contributed by atoms with E-state index in [1.54, 1.807) is 0 Å². The Labute approximate surface area is 73.4 Å². The summed E-state index contributed by atoms with van der Waals surface area (Å²) < 4.78 is 5.44. The number of rotatable bonds is 1. The van der Waals surface area contributed by atoms with E-state index in [0.29, 0.717) is 12.2 Å². The molecule has 1 nitrogen and oxygen atoms in total. The summed E-state index contributed by atoms with van der Waals surface area (Å²) in [5.74, 6) is 0. The van der Waals surface area contributed by atoms with Crippen molar-refractivity contribution >= 4 is 0 Å². The first-order chi connectivity index (χ1) is 5.68. The van der Waals surface area contributed by atoms with Gasteiger partial charge >= 0.3 is 0 Å². The second kappa shape index (κ2) is 2.60. The van der Waals surface area contributed by atoms with Gasteiger partial charge < -0.3 is 4.74 Å². The largest absolute Gasteiger partial charge is 0.365 e. The van der Waals surface area contributed by atoms with E-state index >= 15 is 0 Å². The fourth-order valence-electron chi connectivity index (χ4n) is 1.58. The van der Waals surface area contributed by atoms with Crippen molar-refractivity contribution in [3.05, 3.63) is 34.9 Å². The molecule has 2 unspecified atom stereocenters. The van der Waals surface area contributed by atoms with Crippen LogP contribution < -0.4 is 0 Å². The van der Waals surface area contributed by atoms with Crippen molar-refractivity contribution in [1.82, 2.24) is 0 Å². The average Bonchev–Trinajstić information content (AvgIpc) is 2.73.